The van der Waals surface area contributed by atoms with Crippen molar-refractivity contribution in [2.75, 3.05) is 18.4 Å². The van der Waals surface area contributed by atoms with Crippen LogP contribution in [-0.4, -0.2) is 33.1 Å². The lowest BCUT2D eigenvalue weighted by Gasteiger charge is -2.22. The monoisotopic (exact) mass is 339 g/mol. The van der Waals surface area contributed by atoms with Gasteiger partial charge in [0.2, 0.25) is 0 Å². The molecule has 0 amide bonds. The molecule has 2 aliphatic rings. The first-order valence-electron chi connectivity index (χ1n) is 8.17. The first-order chi connectivity index (χ1) is 9.85. The second-order valence-electron chi connectivity index (χ2n) is 6.45. The topological polar surface area (TPSA) is 21.1 Å². The van der Waals surface area contributed by atoms with Crippen molar-refractivity contribution < 1.29 is 0 Å². The third-order valence-electron chi connectivity index (χ3n) is 4.89. The van der Waals surface area contributed by atoms with Crippen molar-refractivity contribution in [1.82, 2.24) is 14.7 Å². The Morgan fingerprint density at radius 2 is 2.05 bits per heavy atom. The van der Waals surface area contributed by atoms with Gasteiger partial charge in [-0.1, -0.05) is 35.2 Å². The fraction of sp³-hybridized carbons (Fsp3) is 0.812. The Morgan fingerprint density at radius 3 is 2.85 bits per heavy atom. The quantitative estimate of drug-likeness (QED) is 0.756. The lowest BCUT2D eigenvalue weighted by molar-refractivity contribution is 0.301. The van der Waals surface area contributed by atoms with Crippen molar-refractivity contribution in [2.24, 2.45) is 5.92 Å². The normalized spacial score (nSPS) is 25.4. The average molecular weight is 340 g/mol. The van der Waals surface area contributed by atoms with E-state index in [2.05, 4.69) is 37.8 Å². The van der Waals surface area contributed by atoms with Crippen molar-refractivity contribution in [3.63, 3.8) is 0 Å². The van der Waals surface area contributed by atoms with Gasteiger partial charge in [-0.15, -0.1) is 0 Å². The van der Waals surface area contributed by atoms with E-state index in [1.54, 1.807) is 0 Å². The molecule has 3 rings (SSSR count). The fourth-order valence-corrected chi connectivity index (χ4v) is 4.33. The molecule has 0 bridgehead atoms. The minimum absolute atomic E-state index is 0.664. The Bertz CT molecular complexity index is 412. The maximum Gasteiger partial charge on any atom is 0.0764 e. The molecular weight excluding hydrogens is 314 g/mol. The number of nitrogens with zero attached hydrogens (tertiary/aromatic N) is 3. The molecule has 2 fully saturated rings. The molecule has 20 heavy (non-hydrogen) atoms. The minimum Gasteiger partial charge on any atom is -0.297 e. The van der Waals surface area contributed by atoms with Crippen molar-refractivity contribution in [3.05, 3.63) is 18.0 Å². The summed E-state index contributed by atoms with van der Waals surface area (Å²) in [5.74, 6) is 0.884. The SMILES string of the molecule is BrCCC1CCN(Cc2ccn(C3CCCCC3)n2)C1. The van der Waals surface area contributed by atoms with Gasteiger partial charge in [0.15, 0.2) is 0 Å². The molecular formula is C16H26BrN3. The van der Waals surface area contributed by atoms with Gasteiger partial charge >= 0.3 is 0 Å². The van der Waals surface area contributed by atoms with E-state index in [4.69, 9.17) is 5.10 Å². The Labute approximate surface area is 130 Å². The highest BCUT2D eigenvalue weighted by Crippen LogP contribution is 2.28. The van der Waals surface area contributed by atoms with Crippen molar-refractivity contribution >= 4 is 15.9 Å². The van der Waals surface area contributed by atoms with E-state index in [0.717, 1.165) is 17.8 Å². The molecule has 0 radical (unpaired) electrons. The summed E-state index contributed by atoms with van der Waals surface area (Å²) in [6.07, 6.45) is 11.7. The summed E-state index contributed by atoms with van der Waals surface area (Å²) < 4.78 is 2.24. The smallest absolute Gasteiger partial charge is 0.0764 e. The van der Waals surface area contributed by atoms with E-state index in [1.165, 1.54) is 63.7 Å². The number of hydrogen-bond acceptors (Lipinski definition) is 2. The zero-order valence-corrected chi connectivity index (χ0v) is 13.9. The highest BCUT2D eigenvalue weighted by atomic mass is 79.9. The van der Waals surface area contributed by atoms with Gasteiger partial charge in [-0.05, 0) is 44.2 Å². The largest absolute Gasteiger partial charge is 0.297 e. The summed E-state index contributed by atoms with van der Waals surface area (Å²) in [7, 11) is 0. The third-order valence-corrected chi connectivity index (χ3v) is 5.34. The number of alkyl halides is 1. The van der Waals surface area contributed by atoms with E-state index >= 15 is 0 Å². The molecule has 0 spiro atoms. The maximum atomic E-state index is 4.83. The summed E-state index contributed by atoms with van der Waals surface area (Å²) in [5.41, 5.74) is 1.26. The van der Waals surface area contributed by atoms with Gasteiger partial charge in [0, 0.05) is 24.6 Å². The number of rotatable bonds is 5. The molecule has 1 unspecified atom stereocenters. The van der Waals surface area contributed by atoms with Crippen LogP contribution in [0.4, 0.5) is 0 Å². The average Bonchev–Trinajstić information content (AvgIpc) is 3.11. The van der Waals surface area contributed by atoms with Crippen molar-refractivity contribution in [1.29, 1.82) is 0 Å². The molecule has 1 atom stereocenters. The Hall–Kier alpha value is -0.350. The van der Waals surface area contributed by atoms with Crippen LogP contribution < -0.4 is 0 Å². The summed E-state index contributed by atoms with van der Waals surface area (Å²) in [5, 5.41) is 5.97. The zero-order valence-electron chi connectivity index (χ0n) is 12.3. The van der Waals surface area contributed by atoms with Crippen LogP contribution in [0.25, 0.3) is 0 Å². The van der Waals surface area contributed by atoms with Gasteiger partial charge < -0.3 is 0 Å². The van der Waals surface area contributed by atoms with E-state index in [1.807, 2.05) is 0 Å². The molecule has 1 aromatic rings. The minimum atomic E-state index is 0.664. The molecule has 1 saturated carbocycles. The maximum absolute atomic E-state index is 4.83. The van der Waals surface area contributed by atoms with E-state index in [-0.39, 0.29) is 0 Å². The van der Waals surface area contributed by atoms with Gasteiger partial charge in [-0.25, -0.2) is 0 Å². The first-order valence-corrected chi connectivity index (χ1v) is 9.29. The van der Waals surface area contributed by atoms with Gasteiger partial charge in [-0.3, -0.25) is 9.58 Å². The van der Waals surface area contributed by atoms with Crippen LogP contribution >= 0.6 is 15.9 Å². The van der Waals surface area contributed by atoms with Gasteiger partial charge in [0.1, 0.15) is 0 Å². The standard InChI is InChI=1S/C16H26BrN3/c17-9-6-14-7-10-19(12-14)13-15-8-11-20(18-15)16-4-2-1-3-5-16/h8,11,14,16H,1-7,9-10,12-13H2. The molecule has 3 nitrogen and oxygen atoms in total. The molecule has 112 valence electrons. The van der Waals surface area contributed by atoms with E-state index in [0.29, 0.717) is 6.04 Å². The second kappa shape index (κ2) is 7.08. The third kappa shape index (κ3) is 3.64. The number of halogens is 1. The predicted octanol–water partition coefficient (Wildman–Crippen LogP) is 4.00. The molecule has 1 aromatic heterocycles. The molecule has 0 N–H and O–H groups in total. The highest BCUT2D eigenvalue weighted by molar-refractivity contribution is 9.09. The molecule has 0 aromatic carbocycles. The number of hydrogen-bond donors (Lipinski definition) is 0. The predicted molar refractivity (Wildman–Crippen MR) is 86.1 cm³/mol. The zero-order chi connectivity index (χ0) is 13.8. The van der Waals surface area contributed by atoms with Gasteiger partial charge in [0.25, 0.3) is 0 Å². The van der Waals surface area contributed by atoms with Gasteiger partial charge in [0.05, 0.1) is 11.7 Å². The Morgan fingerprint density at radius 1 is 1.20 bits per heavy atom. The van der Waals surface area contributed by atoms with Crippen molar-refractivity contribution in [2.45, 2.75) is 57.5 Å². The molecule has 1 aliphatic carbocycles. The first kappa shape index (κ1) is 14.6. The number of aromatic nitrogens is 2. The molecule has 2 heterocycles. The summed E-state index contributed by atoms with van der Waals surface area (Å²) in [4.78, 5) is 2.57. The number of likely N-dealkylation sites (tertiary alicyclic amines) is 1. The summed E-state index contributed by atoms with van der Waals surface area (Å²) in [6.45, 7) is 3.54. The lowest BCUT2D eigenvalue weighted by Crippen LogP contribution is -2.21. The Kier molecular flexibility index (Phi) is 5.16. The van der Waals surface area contributed by atoms with E-state index in [9.17, 15) is 0 Å². The highest BCUT2D eigenvalue weighted by Gasteiger charge is 2.23. The van der Waals surface area contributed by atoms with Crippen LogP contribution in [0.1, 0.15) is 56.7 Å². The van der Waals surface area contributed by atoms with Crippen LogP contribution in [0.3, 0.4) is 0 Å². The summed E-state index contributed by atoms with van der Waals surface area (Å²) >= 11 is 3.56. The molecule has 1 saturated heterocycles. The molecule has 4 heteroatoms. The van der Waals surface area contributed by atoms with Gasteiger partial charge in [-0.2, -0.15) is 5.10 Å². The van der Waals surface area contributed by atoms with Crippen LogP contribution in [0.15, 0.2) is 12.3 Å². The molecule has 1 aliphatic heterocycles. The fourth-order valence-electron chi connectivity index (χ4n) is 3.69. The van der Waals surface area contributed by atoms with Crippen LogP contribution in [0.2, 0.25) is 0 Å². The Balaban J connectivity index is 1.52. The van der Waals surface area contributed by atoms with Crippen LogP contribution in [-0.2, 0) is 6.54 Å². The van der Waals surface area contributed by atoms with Crippen LogP contribution in [0.5, 0.6) is 0 Å². The van der Waals surface area contributed by atoms with Crippen LogP contribution in [0, 0.1) is 5.92 Å². The lowest BCUT2D eigenvalue weighted by atomic mass is 9.96. The van der Waals surface area contributed by atoms with Crippen molar-refractivity contribution in [3.8, 4) is 0 Å². The second-order valence-corrected chi connectivity index (χ2v) is 7.24. The summed E-state index contributed by atoms with van der Waals surface area (Å²) in [6, 6.07) is 2.89. The van der Waals surface area contributed by atoms with E-state index < -0.39 is 0 Å².